The Morgan fingerprint density at radius 2 is 1.88 bits per heavy atom. The van der Waals surface area contributed by atoms with Gasteiger partial charge < -0.3 is 14.2 Å². The van der Waals surface area contributed by atoms with Gasteiger partial charge in [0.1, 0.15) is 0 Å². The van der Waals surface area contributed by atoms with Gasteiger partial charge >= 0.3 is 0 Å². The Kier molecular flexibility index (Phi) is 5.87. The van der Waals surface area contributed by atoms with Crippen LogP contribution in [0.3, 0.4) is 0 Å². The second-order valence-electron chi connectivity index (χ2n) is 7.98. The Balaban J connectivity index is 1.79. The SMILES string of the molecule is CCC1CCC(C)C2CCC3(C)OOC12C(OCCCCOC)O3. The highest BCUT2D eigenvalue weighted by Crippen LogP contribution is 2.56. The first-order valence-corrected chi connectivity index (χ1v) is 9.71. The molecule has 1 spiro atoms. The van der Waals surface area contributed by atoms with Crippen molar-refractivity contribution >= 4 is 0 Å². The highest BCUT2D eigenvalue weighted by molar-refractivity contribution is 5.05. The molecule has 1 aliphatic carbocycles. The molecular weight excluding hydrogens is 308 g/mol. The maximum absolute atomic E-state index is 6.34. The summed E-state index contributed by atoms with van der Waals surface area (Å²) in [4.78, 5) is 12.0. The maximum Gasteiger partial charge on any atom is 0.201 e. The number of unbranched alkanes of at least 4 members (excludes halogenated alkanes) is 1. The van der Waals surface area contributed by atoms with Gasteiger partial charge in [0.25, 0.3) is 0 Å². The van der Waals surface area contributed by atoms with Crippen LogP contribution < -0.4 is 0 Å². The van der Waals surface area contributed by atoms with Crippen molar-refractivity contribution in [2.45, 2.75) is 83.4 Å². The zero-order valence-corrected chi connectivity index (χ0v) is 15.7. The molecular formula is C19H34O5. The fourth-order valence-electron chi connectivity index (χ4n) is 4.93. The standard InChI is InChI=1S/C19H34O5/c1-5-15-9-8-14(2)16-10-11-18(3)22-17(19(15,16)24-23-18)21-13-7-6-12-20-4/h14-17H,5-13H2,1-4H3. The minimum Gasteiger partial charge on any atom is -0.385 e. The second kappa shape index (κ2) is 7.58. The van der Waals surface area contributed by atoms with E-state index < -0.39 is 11.4 Å². The summed E-state index contributed by atoms with van der Waals surface area (Å²) in [5.74, 6) is 0.785. The molecule has 24 heavy (non-hydrogen) atoms. The lowest BCUT2D eigenvalue weighted by Gasteiger charge is -2.54. The molecule has 3 aliphatic heterocycles. The Hall–Kier alpha value is -0.200. The monoisotopic (exact) mass is 342 g/mol. The van der Waals surface area contributed by atoms with E-state index in [9.17, 15) is 0 Å². The number of fused-ring (bicyclic) bond motifs is 3. The van der Waals surface area contributed by atoms with Crippen LogP contribution in [-0.2, 0) is 24.0 Å². The van der Waals surface area contributed by atoms with Gasteiger partial charge in [-0.1, -0.05) is 20.3 Å². The van der Waals surface area contributed by atoms with Crippen LogP contribution >= 0.6 is 0 Å². The van der Waals surface area contributed by atoms with Gasteiger partial charge in [-0.15, -0.1) is 0 Å². The molecule has 4 fully saturated rings. The molecule has 6 unspecified atom stereocenters. The molecule has 2 bridgehead atoms. The van der Waals surface area contributed by atoms with Crippen LogP contribution in [0.25, 0.3) is 0 Å². The average molecular weight is 342 g/mol. The second-order valence-corrected chi connectivity index (χ2v) is 7.98. The van der Waals surface area contributed by atoms with Crippen LogP contribution in [0.1, 0.15) is 65.7 Å². The molecule has 4 rings (SSSR count). The Labute approximate surface area is 146 Å². The summed E-state index contributed by atoms with van der Waals surface area (Å²) in [6.45, 7) is 8.01. The topological polar surface area (TPSA) is 46.2 Å². The Morgan fingerprint density at radius 3 is 2.62 bits per heavy atom. The molecule has 1 saturated carbocycles. The van der Waals surface area contributed by atoms with Crippen LogP contribution in [0, 0.1) is 17.8 Å². The normalized spacial score (nSPS) is 45.0. The molecule has 0 aromatic heterocycles. The molecule has 0 radical (unpaired) electrons. The molecule has 6 atom stereocenters. The number of hydrogen-bond donors (Lipinski definition) is 0. The highest BCUT2D eigenvalue weighted by atomic mass is 17.3. The zero-order valence-electron chi connectivity index (χ0n) is 15.7. The Morgan fingerprint density at radius 1 is 1.08 bits per heavy atom. The minimum atomic E-state index is -0.683. The first-order chi connectivity index (χ1) is 11.6. The van der Waals surface area contributed by atoms with Crippen LogP contribution in [0.2, 0.25) is 0 Å². The smallest absolute Gasteiger partial charge is 0.201 e. The quantitative estimate of drug-likeness (QED) is 0.516. The van der Waals surface area contributed by atoms with Gasteiger partial charge in [-0.3, -0.25) is 0 Å². The average Bonchev–Trinajstić information content (AvgIpc) is 2.80. The maximum atomic E-state index is 6.34. The number of rotatable bonds is 7. The van der Waals surface area contributed by atoms with E-state index in [0.717, 1.165) is 45.1 Å². The summed E-state index contributed by atoms with van der Waals surface area (Å²) in [6.07, 6.45) is 7.06. The van der Waals surface area contributed by atoms with Gasteiger partial charge in [0.2, 0.25) is 5.79 Å². The fourth-order valence-corrected chi connectivity index (χ4v) is 4.93. The first kappa shape index (κ1) is 18.6. The van der Waals surface area contributed by atoms with Crippen molar-refractivity contribution in [3.05, 3.63) is 0 Å². The lowest BCUT2D eigenvalue weighted by Crippen LogP contribution is -2.64. The van der Waals surface area contributed by atoms with Crippen LogP contribution in [0.15, 0.2) is 0 Å². The van der Waals surface area contributed by atoms with E-state index in [1.54, 1.807) is 7.11 Å². The number of hydrogen-bond acceptors (Lipinski definition) is 5. The highest BCUT2D eigenvalue weighted by Gasteiger charge is 2.64. The fraction of sp³-hybridized carbons (Fsp3) is 1.00. The van der Waals surface area contributed by atoms with Gasteiger partial charge in [-0.25, -0.2) is 9.78 Å². The van der Waals surface area contributed by atoms with E-state index in [-0.39, 0.29) is 6.29 Å². The first-order valence-electron chi connectivity index (χ1n) is 9.71. The molecule has 0 aromatic carbocycles. The van der Waals surface area contributed by atoms with Gasteiger partial charge in [-0.05, 0) is 56.8 Å². The van der Waals surface area contributed by atoms with Gasteiger partial charge in [0.15, 0.2) is 11.9 Å². The van der Waals surface area contributed by atoms with Gasteiger partial charge in [0.05, 0.1) is 0 Å². The van der Waals surface area contributed by atoms with Crippen molar-refractivity contribution in [2.24, 2.45) is 17.8 Å². The summed E-state index contributed by atoms with van der Waals surface area (Å²) >= 11 is 0. The third-order valence-corrected chi connectivity index (χ3v) is 6.38. The summed E-state index contributed by atoms with van der Waals surface area (Å²) < 4.78 is 17.7. The Bertz CT molecular complexity index is 417. The summed E-state index contributed by atoms with van der Waals surface area (Å²) in [6, 6.07) is 0. The van der Waals surface area contributed by atoms with Crippen LogP contribution in [0.4, 0.5) is 0 Å². The van der Waals surface area contributed by atoms with Crippen molar-refractivity contribution in [1.29, 1.82) is 0 Å². The number of ether oxygens (including phenoxy) is 3. The largest absolute Gasteiger partial charge is 0.385 e. The summed E-state index contributed by atoms with van der Waals surface area (Å²) in [5, 5.41) is 0. The molecule has 0 N–H and O–H groups in total. The molecule has 5 nitrogen and oxygen atoms in total. The van der Waals surface area contributed by atoms with Crippen LogP contribution in [0.5, 0.6) is 0 Å². The van der Waals surface area contributed by atoms with E-state index in [2.05, 4.69) is 13.8 Å². The molecule has 140 valence electrons. The van der Waals surface area contributed by atoms with Crippen molar-refractivity contribution in [3.8, 4) is 0 Å². The molecule has 0 aromatic rings. The lowest BCUT2D eigenvalue weighted by atomic mass is 9.61. The van der Waals surface area contributed by atoms with Gasteiger partial charge in [-0.2, -0.15) is 0 Å². The molecule has 4 aliphatic rings. The summed E-state index contributed by atoms with van der Waals surface area (Å²) in [7, 11) is 1.74. The van der Waals surface area contributed by atoms with E-state index >= 15 is 0 Å². The van der Waals surface area contributed by atoms with Crippen molar-refractivity contribution in [3.63, 3.8) is 0 Å². The van der Waals surface area contributed by atoms with Crippen molar-refractivity contribution in [2.75, 3.05) is 20.3 Å². The number of methoxy groups -OCH3 is 1. The predicted molar refractivity (Wildman–Crippen MR) is 90.1 cm³/mol. The minimum absolute atomic E-state index is 0.334. The molecule has 0 amide bonds. The third-order valence-electron chi connectivity index (χ3n) is 6.38. The molecule has 3 saturated heterocycles. The van der Waals surface area contributed by atoms with E-state index in [1.165, 1.54) is 6.42 Å². The molecule has 3 heterocycles. The lowest BCUT2D eigenvalue weighted by molar-refractivity contribution is -0.557. The van der Waals surface area contributed by atoms with E-state index in [4.69, 9.17) is 24.0 Å². The summed E-state index contributed by atoms with van der Waals surface area (Å²) in [5.41, 5.74) is -0.455. The zero-order chi connectivity index (χ0) is 17.2. The predicted octanol–water partition coefficient (Wildman–Crippen LogP) is 4.06. The van der Waals surface area contributed by atoms with Crippen molar-refractivity contribution in [1.82, 2.24) is 0 Å². The van der Waals surface area contributed by atoms with Crippen molar-refractivity contribution < 1.29 is 24.0 Å². The van der Waals surface area contributed by atoms with E-state index in [0.29, 0.717) is 24.4 Å². The third kappa shape index (κ3) is 3.26. The van der Waals surface area contributed by atoms with E-state index in [1.807, 2.05) is 6.92 Å². The van der Waals surface area contributed by atoms with Crippen LogP contribution in [-0.4, -0.2) is 38.0 Å². The van der Waals surface area contributed by atoms with Gasteiger partial charge in [0, 0.05) is 26.7 Å². The molecule has 5 heteroatoms.